The third kappa shape index (κ3) is 6.35. The summed E-state index contributed by atoms with van der Waals surface area (Å²) < 4.78 is 15.0. The minimum atomic E-state index is -0.208. The van der Waals surface area contributed by atoms with Crippen LogP contribution in [0.2, 0.25) is 0 Å². The standard InChI is InChI=1S/C20H22FN5.HI/c1-22-20(23-11-10-16-6-5-7-18(21)12-16)24-13-17-14-25-26(15-17)19-8-3-2-4-9-19;/h2-9,12,14-15H,10-11,13H2,1H3,(H2,22,23,24);1H. The number of benzene rings is 2. The molecule has 0 amide bonds. The lowest BCUT2D eigenvalue weighted by Gasteiger charge is -2.11. The van der Waals surface area contributed by atoms with E-state index in [2.05, 4.69) is 20.7 Å². The molecule has 0 saturated heterocycles. The number of halogens is 2. The maximum Gasteiger partial charge on any atom is 0.191 e. The van der Waals surface area contributed by atoms with Gasteiger partial charge in [-0.15, -0.1) is 24.0 Å². The topological polar surface area (TPSA) is 54.2 Å². The smallest absolute Gasteiger partial charge is 0.191 e. The maximum atomic E-state index is 13.2. The molecule has 0 bridgehead atoms. The first-order valence-corrected chi connectivity index (χ1v) is 8.52. The zero-order valence-corrected chi connectivity index (χ0v) is 17.4. The molecule has 0 atom stereocenters. The van der Waals surface area contributed by atoms with Crippen LogP contribution >= 0.6 is 24.0 Å². The average Bonchev–Trinajstić information content (AvgIpc) is 3.14. The summed E-state index contributed by atoms with van der Waals surface area (Å²) in [6.07, 6.45) is 4.55. The number of aromatic nitrogens is 2. The molecule has 3 rings (SSSR count). The summed E-state index contributed by atoms with van der Waals surface area (Å²) in [4.78, 5) is 4.21. The molecular formula is C20H23FIN5. The van der Waals surface area contributed by atoms with Crippen LogP contribution in [-0.4, -0.2) is 29.3 Å². The van der Waals surface area contributed by atoms with Gasteiger partial charge in [0.2, 0.25) is 0 Å². The van der Waals surface area contributed by atoms with Gasteiger partial charge in [0.05, 0.1) is 11.9 Å². The summed E-state index contributed by atoms with van der Waals surface area (Å²) in [6.45, 7) is 1.29. The molecule has 1 heterocycles. The van der Waals surface area contributed by atoms with Crippen LogP contribution in [0, 0.1) is 5.82 Å². The highest BCUT2D eigenvalue weighted by atomic mass is 127. The van der Waals surface area contributed by atoms with Gasteiger partial charge in [0, 0.05) is 31.9 Å². The van der Waals surface area contributed by atoms with Crippen LogP contribution in [0.25, 0.3) is 5.69 Å². The summed E-state index contributed by atoms with van der Waals surface area (Å²) in [7, 11) is 1.73. The molecule has 0 fully saturated rings. The molecule has 0 aliphatic heterocycles. The largest absolute Gasteiger partial charge is 0.356 e. The summed E-state index contributed by atoms with van der Waals surface area (Å²) in [5, 5.41) is 10.9. The van der Waals surface area contributed by atoms with Crippen LogP contribution in [0.15, 0.2) is 72.0 Å². The first-order chi connectivity index (χ1) is 12.7. The van der Waals surface area contributed by atoms with Crippen LogP contribution < -0.4 is 10.6 Å². The highest BCUT2D eigenvalue weighted by molar-refractivity contribution is 14.0. The fourth-order valence-electron chi connectivity index (χ4n) is 2.60. The highest BCUT2D eigenvalue weighted by Gasteiger charge is 2.03. The van der Waals surface area contributed by atoms with Crippen molar-refractivity contribution >= 4 is 29.9 Å². The van der Waals surface area contributed by atoms with Gasteiger partial charge in [-0.05, 0) is 36.2 Å². The van der Waals surface area contributed by atoms with Crippen molar-refractivity contribution < 1.29 is 4.39 Å². The average molecular weight is 479 g/mol. The molecule has 1 aromatic heterocycles. The monoisotopic (exact) mass is 479 g/mol. The SMILES string of the molecule is CN=C(NCCc1cccc(F)c1)NCc1cnn(-c2ccccc2)c1.I. The first-order valence-electron chi connectivity index (χ1n) is 8.52. The lowest BCUT2D eigenvalue weighted by Crippen LogP contribution is -2.37. The molecule has 142 valence electrons. The van der Waals surface area contributed by atoms with Gasteiger partial charge in [0.25, 0.3) is 0 Å². The molecule has 0 radical (unpaired) electrons. The van der Waals surface area contributed by atoms with Gasteiger partial charge in [-0.2, -0.15) is 5.10 Å². The molecule has 2 N–H and O–H groups in total. The van der Waals surface area contributed by atoms with E-state index in [1.165, 1.54) is 6.07 Å². The van der Waals surface area contributed by atoms with E-state index >= 15 is 0 Å². The summed E-state index contributed by atoms with van der Waals surface area (Å²) >= 11 is 0. The van der Waals surface area contributed by atoms with E-state index in [0.717, 1.165) is 23.2 Å². The van der Waals surface area contributed by atoms with Gasteiger partial charge in [-0.25, -0.2) is 9.07 Å². The normalized spacial score (nSPS) is 11.0. The third-order valence-corrected chi connectivity index (χ3v) is 3.94. The van der Waals surface area contributed by atoms with Crippen LogP contribution in [0.4, 0.5) is 4.39 Å². The first kappa shape index (κ1) is 20.9. The lowest BCUT2D eigenvalue weighted by atomic mass is 10.1. The molecule has 3 aromatic rings. The molecule has 0 saturated carbocycles. The van der Waals surface area contributed by atoms with Crippen molar-refractivity contribution in [2.75, 3.05) is 13.6 Å². The predicted octanol–water partition coefficient (Wildman–Crippen LogP) is 3.54. The maximum absolute atomic E-state index is 13.2. The highest BCUT2D eigenvalue weighted by Crippen LogP contribution is 2.07. The zero-order chi connectivity index (χ0) is 18.2. The minimum absolute atomic E-state index is 0. The zero-order valence-electron chi connectivity index (χ0n) is 15.1. The second-order valence-corrected chi connectivity index (χ2v) is 5.86. The van der Waals surface area contributed by atoms with E-state index < -0.39 is 0 Å². The van der Waals surface area contributed by atoms with Crippen molar-refractivity contribution in [3.8, 4) is 5.69 Å². The Kier molecular flexibility index (Phi) is 8.25. The van der Waals surface area contributed by atoms with Gasteiger partial charge in [-0.1, -0.05) is 30.3 Å². The Morgan fingerprint density at radius 2 is 1.89 bits per heavy atom. The van der Waals surface area contributed by atoms with Crippen LogP contribution in [-0.2, 0) is 13.0 Å². The van der Waals surface area contributed by atoms with Crippen molar-refractivity contribution in [1.82, 2.24) is 20.4 Å². The van der Waals surface area contributed by atoms with E-state index in [1.807, 2.05) is 53.5 Å². The van der Waals surface area contributed by atoms with E-state index in [4.69, 9.17) is 0 Å². The van der Waals surface area contributed by atoms with Crippen LogP contribution in [0.5, 0.6) is 0 Å². The van der Waals surface area contributed by atoms with E-state index in [1.54, 1.807) is 19.2 Å². The molecule has 2 aromatic carbocycles. The van der Waals surface area contributed by atoms with Crippen molar-refractivity contribution in [1.29, 1.82) is 0 Å². The Labute approximate surface area is 175 Å². The summed E-state index contributed by atoms with van der Waals surface area (Å²) in [5.41, 5.74) is 3.04. The number of rotatable bonds is 6. The van der Waals surface area contributed by atoms with Crippen LogP contribution in [0.1, 0.15) is 11.1 Å². The minimum Gasteiger partial charge on any atom is -0.356 e. The van der Waals surface area contributed by atoms with E-state index in [-0.39, 0.29) is 29.8 Å². The van der Waals surface area contributed by atoms with Crippen molar-refractivity contribution in [2.24, 2.45) is 4.99 Å². The Morgan fingerprint density at radius 3 is 2.63 bits per heavy atom. The number of nitrogens with one attached hydrogen (secondary N) is 2. The van der Waals surface area contributed by atoms with Gasteiger partial charge < -0.3 is 10.6 Å². The van der Waals surface area contributed by atoms with Gasteiger partial charge in [0.1, 0.15) is 5.82 Å². The number of aliphatic imine (C=N–C) groups is 1. The molecule has 0 aliphatic carbocycles. The second kappa shape index (κ2) is 10.7. The van der Waals surface area contributed by atoms with Crippen molar-refractivity contribution in [3.63, 3.8) is 0 Å². The second-order valence-electron chi connectivity index (χ2n) is 5.86. The number of hydrogen-bond donors (Lipinski definition) is 2. The number of para-hydroxylation sites is 1. The Bertz CT molecular complexity index is 864. The molecule has 27 heavy (non-hydrogen) atoms. The van der Waals surface area contributed by atoms with Gasteiger partial charge >= 0.3 is 0 Å². The molecule has 0 aliphatic rings. The molecule has 0 unspecified atom stereocenters. The Hall–Kier alpha value is -2.42. The fourth-order valence-corrected chi connectivity index (χ4v) is 2.60. The molecule has 5 nitrogen and oxygen atoms in total. The quantitative estimate of drug-likeness (QED) is 0.323. The Morgan fingerprint density at radius 1 is 1.07 bits per heavy atom. The van der Waals surface area contributed by atoms with E-state index in [0.29, 0.717) is 19.0 Å². The predicted molar refractivity (Wildman–Crippen MR) is 117 cm³/mol. The van der Waals surface area contributed by atoms with Crippen molar-refractivity contribution in [2.45, 2.75) is 13.0 Å². The Balaban J connectivity index is 0.00000261. The lowest BCUT2D eigenvalue weighted by molar-refractivity contribution is 0.625. The number of nitrogens with zero attached hydrogens (tertiary/aromatic N) is 3. The molecular weight excluding hydrogens is 456 g/mol. The number of hydrogen-bond acceptors (Lipinski definition) is 2. The summed E-state index contributed by atoms with van der Waals surface area (Å²) in [6, 6.07) is 16.6. The van der Waals surface area contributed by atoms with Crippen molar-refractivity contribution in [3.05, 3.63) is 83.9 Å². The van der Waals surface area contributed by atoms with E-state index in [9.17, 15) is 4.39 Å². The van der Waals surface area contributed by atoms with Gasteiger partial charge in [0.15, 0.2) is 5.96 Å². The van der Waals surface area contributed by atoms with Crippen LogP contribution in [0.3, 0.4) is 0 Å². The fraction of sp³-hybridized carbons (Fsp3) is 0.200. The third-order valence-electron chi connectivity index (χ3n) is 3.94. The number of guanidine groups is 1. The molecule has 0 spiro atoms. The molecule has 7 heteroatoms. The summed E-state index contributed by atoms with van der Waals surface area (Å²) in [5.74, 6) is 0.495. The van der Waals surface area contributed by atoms with Gasteiger partial charge in [-0.3, -0.25) is 4.99 Å².